The second-order valence-electron chi connectivity index (χ2n) is 7.55. The Hall–Kier alpha value is -0.0800. The van der Waals surface area contributed by atoms with Crippen molar-refractivity contribution < 1.29 is 4.74 Å². The zero-order valence-electron chi connectivity index (χ0n) is 16.3. The first-order chi connectivity index (χ1) is 10.5. The largest absolute Gasteiger partial charge is 0.377 e. The van der Waals surface area contributed by atoms with E-state index in [1.807, 2.05) is 7.11 Å². The van der Waals surface area contributed by atoms with Crippen molar-refractivity contribution in [3.63, 3.8) is 0 Å². The number of methoxy groups -OCH3 is 1. The first-order valence-electron chi connectivity index (χ1n) is 9.72. The number of hydrogen-bond donors (Lipinski definition) is 1. The van der Waals surface area contributed by atoms with Crippen LogP contribution in [0.2, 0.25) is 0 Å². The first kappa shape index (κ1) is 21.9. The fraction of sp³-hybridized carbons (Fsp3) is 1.00. The Morgan fingerprint density at radius 3 is 1.77 bits per heavy atom. The maximum atomic E-state index is 6.17. The lowest BCUT2D eigenvalue weighted by Gasteiger charge is -2.47. The lowest BCUT2D eigenvalue weighted by atomic mass is 9.67. The summed E-state index contributed by atoms with van der Waals surface area (Å²) in [7, 11) is 1.91. The molecular weight excluding hydrogens is 270 g/mol. The molecule has 0 aliphatic carbocycles. The van der Waals surface area contributed by atoms with Crippen molar-refractivity contribution in [2.45, 2.75) is 98.0 Å². The van der Waals surface area contributed by atoms with Crippen LogP contribution in [0, 0.1) is 17.8 Å². The zero-order valence-corrected chi connectivity index (χ0v) is 16.3. The van der Waals surface area contributed by atoms with Crippen molar-refractivity contribution in [2.75, 3.05) is 13.7 Å². The van der Waals surface area contributed by atoms with E-state index in [4.69, 9.17) is 10.5 Å². The molecule has 0 saturated carbocycles. The van der Waals surface area contributed by atoms with E-state index in [1.165, 1.54) is 51.4 Å². The van der Waals surface area contributed by atoms with E-state index >= 15 is 0 Å². The molecule has 0 radical (unpaired) electrons. The number of ether oxygens (including phenoxy) is 1. The van der Waals surface area contributed by atoms with Crippen LogP contribution in [0.1, 0.15) is 92.4 Å². The molecule has 0 aromatic carbocycles. The lowest BCUT2D eigenvalue weighted by Crippen LogP contribution is -2.49. The van der Waals surface area contributed by atoms with E-state index in [9.17, 15) is 0 Å². The van der Waals surface area contributed by atoms with Gasteiger partial charge in [-0.15, -0.1) is 0 Å². The topological polar surface area (TPSA) is 35.2 Å². The summed E-state index contributed by atoms with van der Waals surface area (Å²) in [5.41, 5.74) is 5.78. The molecule has 0 amide bonds. The quantitative estimate of drug-likeness (QED) is 0.412. The maximum absolute atomic E-state index is 6.17. The summed E-state index contributed by atoms with van der Waals surface area (Å²) >= 11 is 0. The van der Waals surface area contributed by atoms with Gasteiger partial charge in [0, 0.05) is 7.11 Å². The van der Waals surface area contributed by atoms with E-state index < -0.39 is 0 Å². The second-order valence-corrected chi connectivity index (χ2v) is 7.55. The average molecular weight is 314 g/mol. The van der Waals surface area contributed by atoms with Crippen LogP contribution in [-0.4, -0.2) is 19.3 Å². The minimum Gasteiger partial charge on any atom is -0.377 e. The van der Waals surface area contributed by atoms with Gasteiger partial charge in [-0.1, -0.05) is 73.1 Å². The van der Waals surface area contributed by atoms with Gasteiger partial charge < -0.3 is 10.5 Å². The number of unbranched alkanes of at least 4 members (excludes halogenated alkanes) is 5. The van der Waals surface area contributed by atoms with E-state index in [2.05, 4.69) is 34.6 Å². The summed E-state index contributed by atoms with van der Waals surface area (Å²) in [6.45, 7) is 12.4. The van der Waals surface area contributed by atoms with Crippen molar-refractivity contribution in [1.82, 2.24) is 0 Å². The normalized spacial score (nSPS) is 14.0. The van der Waals surface area contributed by atoms with Gasteiger partial charge in [0.05, 0.1) is 5.60 Å². The van der Waals surface area contributed by atoms with Crippen LogP contribution in [0.25, 0.3) is 0 Å². The van der Waals surface area contributed by atoms with Gasteiger partial charge >= 0.3 is 0 Å². The maximum Gasteiger partial charge on any atom is 0.0752 e. The number of rotatable bonds is 14. The summed E-state index contributed by atoms with van der Waals surface area (Å²) in [6, 6.07) is 0. The highest BCUT2D eigenvalue weighted by molar-refractivity contribution is 4.93. The summed E-state index contributed by atoms with van der Waals surface area (Å²) in [6.07, 6.45) is 11.8. The zero-order chi connectivity index (χ0) is 17.0. The smallest absolute Gasteiger partial charge is 0.0752 e. The van der Waals surface area contributed by atoms with Crippen LogP contribution in [0.15, 0.2) is 0 Å². The molecule has 22 heavy (non-hydrogen) atoms. The predicted octanol–water partition coefficient (Wildman–Crippen LogP) is 5.79. The number of nitrogens with two attached hydrogens (primary N) is 1. The molecule has 1 unspecified atom stereocenters. The van der Waals surface area contributed by atoms with Crippen molar-refractivity contribution in [3.05, 3.63) is 0 Å². The van der Waals surface area contributed by atoms with E-state index in [0.29, 0.717) is 17.8 Å². The summed E-state index contributed by atoms with van der Waals surface area (Å²) in [4.78, 5) is 0. The Kier molecular flexibility index (Phi) is 12.3. The van der Waals surface area contributed by atoms with Crippen LogP contribution < -0.4 is 5.73 Å². The third kappa shape index (κ3) is 6.58. The molecule has 0 aromatic rings. The Morgan fingerprint density at radius 1 is 0.818 bits per heavy atom. The molecule has 0 spiro atoms. The Bertz CT molecular complexity index is 242. The Labute approximate surface area is 140 Å². The van der Waals surface area contributed by atoms with Gasteiger partial charge in [0.2, 0.25) is 0 Å². The SMILES string of the molecule is CCCCCCCCC(CCCN)C(OC)(C(C)C)C(C)C. The summed E-state index contributed by atoms with van der Waals surface area (Å²) in [5, 5.41) is 0. The molecule has 2 nitrogen and oxygen atoms in total. The lowest BCUT2D eigenvalue weighted by molar-refractivity contribution is -0.131. The molecule has 0 fully saturated rings. The Balaban J connectivity index is 4.70. The highest BCUT2D eigenvalue weighted by Gasteiger charge is 2.43. The Morgan fingerprint density at radius 2 is 1.32 bits per heavy atom. The molecule has 1 atom stereocenters. The molecule has 0 heterocycles. The molecule has 0 rings (SSSR count). The van der Waals surface area contributed by atoms with Gasteiger partial charge in [-0.05, 0) is 43.6 Å². The third-order valence-electron chi connectivity index (χ3n) is 5.46. The highest BCUT2D eigenvalue weighted by Crippen LogP contribution is 2.42. The fourth-order valence-corrected chi connectivity index (χ4v) is 4.38. The minimum atomic E-state index is -0.00140. The molecule has 0 aliphatic rings. The monoisotopic (exact) mass is 313 g/mol. The summed E-state index contributed by atoms with van der Waals surface area (Å²) < 4.78 is 6.17. The van der Waals surface area contributed by atoms with Gasteiger partial charge in [-0.2, -0.15) is 0 Å². The molecule has 2 heteroatoms. The average Bonchev–Trinajstić information content (AvgIpc) is 2.47. The van der Waals surface area contributed by atoms with Crippen LogP contribution in [0.5, 0.6) is 0 Å². The molecule has 134 valence electrons. The van der Waals surface area contributed by atoms with Gasteiger partial charge in [0.25, 0.3) is 0 Å². The van der Waals surface area contributed by atoms with Crippen molar-refractivity contribution in [2.24, 2.45) is 23.5 Å². The van der Waals surface area contributed by atoms with Gasteiger partial charge in [0.1, 0.15) is 0 Å². The first-order valence-corrected chi connectivity index (χ1v) is 9.72. The number of hydrogen-bond acceptors (Lipinski definition) is 2. The highest BCUT2D eigenvalue weighted by atomic mass is 16.5. The van der Waals surface area contributed by atoms with Gasteiger partial charge in [-0.3, -0.25) is 0 Å². The van der Waals surface area contributed by atoms with Crippen LogP contribution >= 0.6 is 0 Å². The molecule has 2 N–H and O–H groups in total. The third-order valence-corrected chi connectivity index (χ3v) is 5.46. The van der Waals surface area contributed by atoms with Crippen LogP contribution in [0.4, 0.5) is 0 Å². The molecule has 0 bridgehead atoms. The standard InChI is InChI=1S/C20H43NO/c1-7-8-9-10-11-12-14-19(15-13-16-21)20(22-6,17(2)3)18(4)5/h17-19H,7-16,21H2,1-6H3. The molecule has 0 saturated heterocycles. The minimum absolute atomic E-state index is 0.00140. The van der Waals surface area contributed by atoms with E-state index in [0.717, 1.165) is 13.0 Å². The van der Waals surface area contributed by atoms with Crippen LogP contribution in [0.3, 0.4) is 0 Å². The second kappa shape index (κ2) is 12.4. The van der Waals surface area contributed by atoms with Crippen molar-refractivity contribution in [1.29, 1.82) is 0 Å². The molecule has 0 aromatic heterocycles. The summed E-state index contributed by atoms with van der Waals surface area (Å²) in [5.74, 6) is 1.72. The fourth-order valence-electron chi connectivity index (χ4n) is 4.38. The predicted molar refractivity (Wildman–Crippen MR) is 99.2 cm³/mol. The van der Waals surface area contributed by atoms with Gasteiger partial charge in [0.15, 0.2) is 0 Å². The van der Waals surface area contributed by atoms with Crippen molar-refractivity contribution in [3.8, 4) is 0 Å². The van der Waals surface area contributed by atoms with Crippen molar-refractivity contribution >= 4 is 0 Å². The van der Waals surface area contributed by atoms with E-state index in [1.54, 1.807) is 0 Å². The molecular formula is C20H43NO. The van der Waals surface area contributed by atoms with Crippen LogP contribution in [-0.2, 0) is 4.74 Å². The van der Waals surface area contributed by atoms with E-state index in [-0.39, 0.29) is 5.60 Å². The molecule has 0 aliphatic heterocycles. The van der Waals surface area contributed by atoms with Gasteiger partial charge in [-0.25, -0.2) is 0 Å².